The van der Waals surface area contributed by atoms with E-state index in [9.17, 15) is 18.0 Å². The molecule has 10 heteroatoms. The van der Waals surface area contributed by atoms with Crippen molar-refractivity contribution in [3.63, 3.8) is 0 Å². The molecule has 1 saturated heterocycles. The summed E-state index contributed by atoms with van der Waals surface area (Å²) in [5.41, 5.74) is 5.15. The van der Waals surface area contributed by atoms with Gasteiger partial charge in [0, 0.05) is 24.8 Å². The van der Waals surface area contributed by atoms with E-state index in [2.05, 4.69) is 15.3 Å². The first-order chi connectivity index (χ1) is 11.8. The molecule has 2 N–H and O–H groups in total. The second-order valence-corrected chi connectivity index (χ2v) is 6.08. The first kappa shape index (κ1) is 17.3. The van der Waals surface area contributed by atoms with E-state index in [4.69, 9.17) is 5.73 Å². The summed E-state index contributed by atoms with van der Waals surface area (Å²) < 4.78 is 38.9. The van der Waals surface area contributed by atoms with Crippen LogP contribution in [0.4, 0.5) is 13.2 Å². The molecular weight excluding hydrogens is 337 g/mol. The van der Waals surface area contributed by atoms with Crippen LogP contribution < -0.4 is 5.73 Å². The summed E-state index contributed by atoms with van der Waals surface area (Å²) >= 11 is 0. The Kier molecular flexibility index (Phi) is 4.46. The summed E-state index contributed by atoms with van der Waals surface area (Å²) in [6.07, 6.45) is -0.961. The van der Waals surface area contributed by atoms with Gasteiger partial charge >= 0.3 is 6.18 Å². The van der Waals surface area contributed by atoms with Gasteiger partial charge in [0.15, 0.2) is 11.5 Å². The first-order valence-electron chi connectivity index (χ1n) is 7.78. The molecule has 1 fully saturated rings. The molecule has 2 atom stereocenters. The van der Waals surface area contributed by atoms with Crippen LogP contribution in [0.3, 0.4) is 0 Å². The molecule has 1 amide bonds. The number of hydrogen-bond donors (Lipinski definition) is 1. The van der Waals surface area contributed by atoms with Gasteiger partial charge in [0.05, 0.1) is 11.8 Å². The van der Waals surface area contributed by atoms with E-state index in [0.29, 0.717) is 25.6 Å². The molecule has 1 aliphatic heterocycles. The Morgan fingerprint density at radius 1 is 1.36 bits per heavy atom. The van der Waals surface area contributed by atoms with Gasteiger partial charge in [-0.15, -0.1) is 5.10 Å². The Bertz CT molecular complexity index is 757. The van der Waals surface area contributed by atoms with Crippen molar-refractivity contribution in [3.05, 3.63) is 35.8 Å². The summed E-state index contributed by atoms with van der Waals surface area (Å²) in [6.45, 7) is 2.45. The van der Waals surface area contributed by atoms with Crippen molar-refractivity contribution in [2.24, 2.45) is 5.73 Å². The topological polar surface area (TPSA) is 89.9 Å². The summed E-state index contributed by atoms with van der Waals surface area (Å²) in [7, 11) is 0. The molecule has 25 heavy (non-hydrogen) atoms. The molecule has 2 aromatic rings. The van der Waals surface area contributed by atoms with E-state index in [0.717, 1.165) is 6.07 Å². The van der Waals surface area contributed by atoms with E-state index in [1.54, 1.807) is 4.90 Å². The number of hydrogen-bond acceptors (Lipinski definition) is 5. The highest BCUT2D eigenvalue weighted by Crippen LogP contribution is 2.28. The van der Waals surface area contributed by atoms with Crippen LogP contribution in [-0.4, -0.2) is 49.4 Å². The minimum atomic E-state index is -4.46. The number of amides is 1. The van der Waals surface area contributed by atoms with Crippen molar-refractivity contribution >= 4 is 5.91 Å². The van der Waals surface area contributed by atoms with Gasteiger partial charge in [-0.2, -0.15) is 13.2 Å². The molecule has 7 nitrogen and oxygen atoms in total. The number of pyridine rings is 1. The fraction of sp³-hybridized carbons (Fsp3) is 0.467. The van der Waals surface area contributed by atoms with Gasteiger partial charge in [-0.25, -0.2) is 9.67 Å². The molecule has 0 aliphatic carbocycles. The molecule has 0 saturated carbocycles. The number of carbonyl (C=O) groups excluding carboxylic acids is 1. The number of rotatable bonds is 2. The normalized spacial score (nSPS) is 21.4. The third-order valence-electron chi connectivity index (χ3n) is 4.20. The number of carbonyl (C=O) groups is 1. The highest BCUT2D eigenvalue weighted by atomic mass is 19.4. The fourth-order valence-corrected chi connectivity index (χ4v) is 2.82. The van der Waals surface area contributed by atoms with Crippen LogP contribution in [0.5, 0.6) is 0 Å². The number of alkyl halides is 3. The molecule has 0 radical (unpaired) electrons. The van der Waals surface area contributed by atoms with E-state index in [1.165, 1.54) is 16.9 Å². The van der Waals surface area contributed by atoms with Crippen molar-refractivity contribution in [3.8, 4) is 5.82 Å². The van der Waals surface area contributed by atoms with Crippen LogP contribution in [-0.2, 0) is 6.18 Å². The molecule has 1 aliphatic rings. The van der Waals surface area contributed by atoms with Gasteiger partial charge in [-0.1, -0.05) is 5.21 Å². The Morgan fingerprint density at radius 2 is 2.12 bits per heavy atom. The minimum Gasteiger partial charge on any atom is -0.334 e. The predicted octanol–water partition coefficient (Wildman–Crippen LogP) is 1.63. The van der Waals surface area contributed by atoms with Gasteiger partial charge in [0.2, 0.25) is 0 Å². The summed E-state index contributed by atoms with van der Waals surface area (Å²) in [6, 6.07) is 2.14. The lowest BCUT2D eigenvalue weighted by molar-refractivity contribution is -0.137. The Morgan fingerprint density at radius 3 is 2.72 bits per heavy atom. The number of nitrogens with zero attached hydrogens (tertiary/aromatic N) is 5. The third-order valence-corrected chi connectivity index (χ3v) is 4.20. The Balaban J connectivity index is 1.77. The molecular formula is C15H17F3N6O. The van der Waals surface area contributed by atoms with E-state index < -0.39 is 11.7 Å². The summed E-state index contributed by atoms with van der Waals surface area (Å²) in [4.78, 5) is 18.0. The lowest BCUT2D eigenvalue weighted by Gasteiger charge is -2.35. The highest BCUT2D eigenvalue weighted by molar-refractivity contribution is 5.92. The molecule has 0 aromatic carbocycles. The maximum atomic E-state index is 12.6. The SMILES string of the molecule is C[C@@H]1C[C@@H](N)CCN1C(=O)c1cn(-c2ccc(C(F)(F)F)cn2)nn1. The van der Waals surface area contributed by atoms with Crippen LogP contribution in [0.25, 0.3) is 5.82 Å². The average molecular weight is 354 g/mol. The van der Waals surface area contributed by atoms with Gasteiger partial charge in [0.1, 0.15) is 0 Å². The quantitative estimate of drug-likeness (QED) is 0.885. The predicted molar refractivity (Wildman–Crippen MR) is 81.9 cm³/mol. The summed E-state index contributed by atoms with van der Waals surface area (Å²) in [5.74, 6) is -0.133. The standard InChI is InChI=1S/C15H17F3N6O/c1-9-6-11(19)4-5-23(9)14(25)12-8-24(22-21-12)13-3-2-10(7-20-13)15(16,17)18/h2-3,7-9,11H,4-6,19H2,1H3/t9-,11+/m1/s1. The highest BCUT2D eigenvalue weighted by Gasteiger charge is 2.31. The second kappa shape index (κ2) is 6.43. The van der Waals surface area contributed by atoms with Crippen LogP contribution in [0, 0.1) is 0 Å². The molecule has 0 bridgehead atoms. The Hall–Kier alpha value is -2.49. The monoisotopic (exact) mass is 354 g/mol. The van der Waals surface area contributed by atoms with E-state index >= 15 is 0 Å². The zero-order chi connectivity index (χ0) is 18.2. The average Bonchev–Trinajstić information content (AvgIpc) is 3.03. The smallest absolute Gasteiger partial charge is 0.334 e. The van der Waals surface area contributed by atoms with Crippen LogP contribution in [0.2, 0.25) is 0 Å². The van der Waals surface area contributed by atoms with Crippen molar-refractivity contribution in [1.29, 1.82) is 0 Å². The van der Waals surface area contributed by atoms with E-state index in [-0.39, 0.29) is 29.5 Å². The minimum absolute atomic E-state index is 0.00871. The molecule has 134 valence electrons. The van der Waals surface area contributed by atoms with Crippen LogP contribution in [0.1, 0.15) is 35.8 Å². The number of likely N-dealkylation sites (tertiary alicyclic amines) is 1. The lowest BCUT2D eigenvalue weighted by Crippen LogP contribution is -2.48. The molecule has 3 rings (SSSR count). The van der Waals surface area contributed by atoms with Gasteiger partial charge in [0.25, 0.3) is 5.91 Å². The van der Waals surface area contributed by atoms with Crippen molar-refractivity contribution in [2.45, 2.75) is 38.0 Å². The van der Waals surface area contributed by atoms with E-state index in [1.807, 2.05) is 6.92 Å². The van der Waals surface area contributed by atoms with Gasteiger partial charge < -0.3 is 10.6 Å². The molecule has 3 heterocycles. The zero-order valence-corrected chi connectivity index (χ0v) is 13.4. The second-order valence-electron chi connectivity index (χ2n) is 6.08. The maximum Gasteiger partial charge on any atom is 0.417 e. The van der Waals surface area contributed by atoms with Crippen molar-refractivity contribution in [1.82, 2.24) is 24.9 Å². The number of piperidine rings is 1. The Labute approximate surface area is 141 Å². The van der Waals surface area contributed by atoms with Crippen molar-refractivity contribution in [2.75, 3.05) is 6.54 Å². The van der Waals surface area contributed by atoms with Crippen molar-refractivity contribution < 1.29 is 18.0 Å². The van der Waals surface area contributed by atoms with Gasteiger partial charge in [-0.3, -0.25) is 4.79 Å². The lowest BCUT2D eigenvalue weighted by atomic mass is 9.99. The number of halogens is 3. The number of aromatic nitrogens is 4. The molecule has 2 aromatic heterocycles. The van der Waals surface area contributed by atoms with Gasteiger partial charge in [-0.05, 0) is 31.9 Å². The summed E-state index contributed by atoms with van der Waals surface area (Å²) in [5, 5.41) is 7.61. The molecule has 0 spiro atoms. The maximum absolute atomic E-state index is 12.6. The largest absolute Gasteiger partial charge is 0.417 e. The fourth-order valence-electron chi connectivity index (χ4n) is 2.82. The first-order valence-corrected chi connectivity index (χ1v) is 7.78. The van der Waals surface area contributed by atoms with Crippen LogP contribution >= 0.6 is 0 Å². The third kappa shape index (κ3) is 3.63. The molecule has 0 unspecified atom stereocenters. The van der Waals surface area contributed by atoms with Crippen LogP contribution in [0.15, 0.2) is 24.5 Å². The zero-order valence-electron chi connectivity index (χ0n) is 13.4. The number of nitrogens with two attached hydrogens (primary N) is 1.